The van der Waals surface area contributed by atoms with Crippen molar-refractivity contribution in [1.29, 1.82) is 0 Å². The minimum absolute atomic E-state index is 0.0275. The third-order valence-electron chi connectivity index (χ3n) is 3.92. The molecule has 5 nitrogen and oxygen atoms in total. The number of esters is 1. The summed E-state index contributed by atoms with van der Waals surface area (Å²) < 4.78 is 15.5. The summed E-state index contributed by atoms with van der Waals surface area (Å²) >= 11 is 0. The molecule has 1 aliphatic rings. The molecule has 2 rings (SSSR count). The number of benzene rings is 1. The number of likely N-dealkylation sites (tertiary alicyclic amines) is 1. The number of methoxy groups -OCH3 is 3. The van der Waals surface area contributed by atoms with Gasteiger partial charge in [0.25, 0.3) is 0 Å². The van der Waals surface area contributed by atoms with Crippen LogP contribution in [-0.4, -0.2) is 45.3 Å². The number of carbonyl (C=O) groups is 1. The summed E-state index contributed by atoms with van der Waals surface area (Å²) in [5.41, 5.74) is 1.07. The Kier molecular flexibility index (Phi) is 5.44. The molecule has 0 bridgehead atoms. The monoisotopic (exact) mass is 293 g/mol. The number of piperidine rings is 1. The molecule has 1 aliphatic heterocycles. The zero-order valence-corrected chi connectivity index (χ0v) is 12.9. The van der Waals surface area contributed by atoms with Crippen molar-refractivity contribution in [2.75, 3.05) is 34.4 Å². The van der Waals surface area contributed by atoms with Crippen LogP contribution in [0.1, 0.15) is 18.4 Å². The van der Waals surface area contributed by atoms with Gasteiger partial charge in [-0.15, -0.1) is 0 Å². The van der Waals surface area contributed by atoms with E-state index in [0.29, 0.717) is 0 Å². The second-order valence-corrected chi connectivity index (χ2v) is 5.28. The highest BCUT2D eigenvalue weighted by Crippen LogP contribution is 2.27. The Morgan fingerprint density at radius 2 is 2.10 bits per heavy atom. The fraction of sp³-hybridized carbons (Fsp3) is 0.562. The summed E-state index contributed by atoms with van der Waals surface area (Å²) in [6.07, 6.45) is 1.91. The van der Waals surface area contributed by atoms with Crippen molar-refractivity contribution in [3.8, 4) is 11.5 Å². The van der Waals surface area contributed by atoms with Crippen LogP contribution in [0, 0.1) is 5.92 Å². The zero-order chi connectivity index (χ0) is 15.2. The summed E-state index contributed by atoms with van der Waals surface area (Å²) in [7, 11) is 4.77. The number of hydrogen-bond acceptors (Lipinski definition) is 5. The zero-order valence-electron chi connectivity index (χ0n) is 12.9. The second-order valence-electron chi connectivity index (χ2n) is 5.28. The molecule has 1 heterocycles. The summed E-state index contributed by atoms with van der Waals surface area (Å²) in [6.45, 7) is 2.45. The predicted octanol–water partition coefficient (Wildman–Crippen LogP) is 2.09. The van der Waals surface area contributed by atoms with E-state index in [1.54, 1.807) is 14.2 Å². The maximum atomic E-state index is 11.7. The quantitative estimate of drug-likeness (QED) is 0.778. The number of hydrogen-bond donors (Lipinski definition) is 0. The minimum Gasteiger partial charge on any atom is -0.497 e. The van der Waals surface area contributed by atoms with Crippen molar-refractivity contribution in [1.82, 2.24) is 4.90 Å². The molecule has 0 aliphatic carbocycles. The Balaban J connectivity index is 2.08. The van der Waals surface area contributed by atoms with Crippen LogP contribution in [0.2, 0.25) is 0 Å². The first-order valence-electron chi connectivity index (χ1n) is 7.19. The van der Waals surface area contributed by atoms with E-state index in [1.165, 1.54) is 7.11 Å². The lowest BCUT2D eigenvalue weighted by Gasteiger charge is -2.31. The number of nitrogens with zero attached hydrogens (tertiary/aromatic N) is 1. The summed E-state index contributed by atoms with van der Waals surface area (Å²) in [6, 6.07) is 5.78. The molecule has 1 aromatic carbocycles. The lowest BCUT2D eigenvalue weighted by Crippen LogP contribution is -2.38. The maximum absolute atomic E-state index is 11.7. The van der Waals surface area contributed by atoms with E-state index in [-0.39, 0.29) is 11.9 Å². The van der Waals surface area contributed by atoms with Crippen LogP contribution in [0.5, 0.6) is 11.5 Å². The highest BCUT2D eigenvalue weighted by Gasteiger charge is 2.26. The molecule has 1 aromatic rings. The second kappa shape index (κ2) is 7.31. The van der Waals surface area contributed by atoms with Gasteiger partial charge in [-0.05, 0) is 37.6 Å². The van der Waals surface area contributed by atoms with Crippen molar-refractivity contribution in [2.24, 2.45) is 5.92 Å². The molecule has 1 atom stereocenters. The molecular formula is C16H23NO4. The van der Waals surface area contributed by atoms with Gasteiger partial charge in [-0.2, -0.15) is 0 Å². The molecule has 5 heteroatoms. The van der Waals surface area contributed by atoms with Gasteiger partial charge in [0.15, 0.2) is 0 Å². The third kappa shape index (κ3) is 3.88. The number of carbonyl (C=O) groups excluding carboxylic acids is 1. The van der Waals surface area contributed by atoms with E-state index in [0.717, 1.165) is 49.5 Å². The van der Waals surface area contributed by atoms with E-state index in [9.17, 15) is 4.79 Å². The fourth-order valence-electron chi connectivity index (χ4n) is 2.80. The number of rotatable bonds is 5. The minimum atomic E-state index is -0.114. The lowest BCUT2D eigenvalue weighted by molar-refractivity contribution is -0.147. The van der Waals surface area contributed by atoms with Crippen LogP contribution in [0.25, 0.3) is 0 Å². The fourth-order valence-corrected chi connectivity index (χ4v) is 2.80. The topological polar surface area (TPSA) is 48.0 Å². The highest BCUT2D eigenvalue weighted by atomic mass is 16.5. The molecule has 0 saturated carbocycles. The summed E-state index contributed by atoms with van der Waals surface area (Å²) in [5, 5.41) is 0. The first-order valence-corrected chi connectivity index (χ1v) is 7.19. The maximum Gasteiger partial charge on any atom is 0.309 e. The van der Waals surface area contributed by atoms with Crippen LogP contribution in [0.4, 0.5) is 0 Å². The first kappa shape index (κ1) is 15.6. The van der Waals surface area contributed by atoms with Gasteiger partial charge in [-0.3, -0.25) is 9.69 Å². The predicted molar refractivity (Wildman–Crippen MR) is 79.6 cm³/mol. The van der Waals surface area contributed by atoms with Crippen molar-refractivity contribution < 1.29 is 19.0 Å². The first-order chi connectivity index (χ1) is 10.2. The molecule has 0 radical (unpaired) electrons. The largest absolute Gasteiger partial charge is 0.497 e. The third-order valence-corrected chi connectivity index (χ3v) is 3.92. The Labute approximate surface area is 125 Å². The van der Waals surface area contributed by atoms with Crippen molar-refractivity contribution >= 4 is 5.97 Å². The highest BCUT2D eigenvalue weighted by molar-refractivity contribution is 5.72. The normalized spacial score (nSPS) is 19.1. The molecule has 0 spiro atoms. The molecule has 1 fully saturated rings. The van der Waals surface area contributed by atoms with Crippen molar-refractivity contribution in [2.45, 2.75) is 19.4 Å². The van der Waals surface area contributed by atoms with Gasteiger partial charge >= 0.3 is 5.97 Å². The molecule has 1 unspecified atom stereocenters. The van der Waals surface area contributed by atoms with Crippen molar-refractivity contribution in [3.05, 3.63) is 23.8 Å². The van der Waals surface area contributed by atoms with Crippen LogP contribution in [-0.2, 0) is 16.1 Å². The van der Waals surface area contributed by atoms with E-state index < -0.39 is 0 Å². The Morgan fingerprint density at radius 1 is 1.29 bits per heavy atom. The van der Waals surface area contributed by atoms with Crippen LogP contribution in [0.15, 0.2) is 18.2 Å². The number of ether oxygens (including phenoxy) is 3. The molecular weight excluding hydrogens is 270 g/mol. The van der Waals surface area contributed by atoms with E-state index in [4.69, 9.17) is 14.2 Å². The molecule has 0 N–H and O–H groups in total. The SMILES string of the molecule is COC(=O)C1CCCN(Cc2cc(OC)ccc2OC)C1. The Hall–Kier alpha value is -1.75. The smallest absolute Gasteiger partial charge is 0.309 e. The molecule has 1 saturated heterocycles. The van der Waals surface area contributed by atoms with Gasteiger partial charge in [0.2, 0.25) is 0 Å². The Bertz CT molecular complexity index is 489. The van der Waals surface area contributed by atoms with E-state index >= 15 is 0 Å². The average molecular weight is 293 g/mol. The molecule has 0 aromatic heterocycles. The van der Waals surface area contributed by atoms with Crippen molar-refractivity contribution in [3.63, 3.8) is 0 Å². The average Bonchev–Trinajstić information content (AvgIpc) is 2.54. The van der Waals surface area contributed by atoms with Gasteiger partial charge in [-0.1, -0.05) is 0 Å². The van der Waals surface area contributed by atoms with E-state index in [2.05, 4.69) is 4.90 Å². The van der Waals surface area contributed by atoms with Gasteiger partial charge in [0.1, 0.15) is 11.5 Å². The Morgan fingerprint density at radius 3 is 2.76 bits per heavy atom. The molecule has 21 heavy (non-hydrogen) atoms. The van der Waals surface area contributed by atoms with Gasteiger partial charge in [-0.25, -0.2) is 0 Å². The lowest BCUT2D eigenvalue weighted by atomic mass is 9.97. The molecule has 116 valence electrons. The van der Waals surface area contributed by atoms with Crippen LogP contribution >= 0.6 is 0 Å². The standard InChI is InChI=1S/C16H23NO4/c1-19-14-6-7-15(20-2)13(9-14)11-17-8-4-5-12(10-17)16(18)21-3/h6-7,9,12H,4-5,8,10-11H2,1-3H3. The summed E-state index contributed by atoms with van der Waals surface area (Å²) in [4.78, 5) is 14.0. The van der Waals surface area contributed by atoms with Gasteiger partial charge in [0, 0.05) is 18.7 Å². The summed E-state index contributed by atoms with van der Waals surface area (Å²) in [5.74, 6) is 1.51. The van der Waals surface area contributed by atoms with Gasteiger partial charge in [0.05, 0.1) is 27.2 Å². The van der Waals surface area contributed by atoms with Crippen LogP contribution < -0.4 is 9.47 Å². The van der Waals surface area contributed by atoms with Crippen LogP contribution in [0.3, 0.4) is 0 Å². The molecule has 0 amide bonds. The van der Waals surface area contributed by atoms with E-state index in [1.807, 2.05) is 18.2 Å². The van der Waals surface area contributed by atoms with Gasteiger partial charge < -0.3 is 14.2 Å².